The number of nitrogens with zero attached hydrogens (tertiary/aromatic N) is 1. The van der Waals surface area contributed by atoms with Crippen LogP contribution in [0.2, 0.25) is 5.02 Å². The highest BCUT2D eigenvalue weighted by Crippen LogP contribution is 2.23. The lowest BCUT2D eigenvalue weighted by Gasteiger charge is -2.20. The number of carboxylic acid groups (broad SMARTS) is 1. The van der Waals surface area contributed by atoms with E-state index in [9.17, 15) is 9.59 Å². The van der Waals surface area contributed by atoms with Gasteiger partial charge in [-0.2, -0.15) is 0 Å². The summed E-state index contributed by atoms with van der Waals surface area (Å²) < 4.78 is 5.43. The molecule has 1 rings (SSSR count). The largest absolute Gasteiger partial charge is 0.491 e. The second-order valence-corrected chi connectivity index (χ2v) is 4.55. The number of hydrogen-bond acceptors (Lipinski definition) is 3. The number of amides is 1. The number of para-hydroxylation sites is 1. The first-order valence-corrected chi connectivity index (χ1v) is 6.79. The molecular weight excluding hydrogens is 282 g/mol. The first kappa shape index (κ1) is 16.3. The van der Waals surface area contributed by atoms with E-state index < -0.39 is 5.97 Å². The van der Waals surface area contributed by atoms with Crippen LogP contribution in [0, 0.1) is 0 Å². The van der Waals surface area contributed by atoms with E-state index in [0.717, 1.165) is 0 Å². The van der Waals surface area contributed by atoms with E-state index in [1.54, 1.807) is 24.3 Å². The molecule has 0 saturated heterocycles. The van der Waals surface area contributed by atoms with Crippen molar-refractivity contribution in [3.8, 4) is 5.75 Å². The molecule has 20 heavy (non-hydrogen) atoms. The number of halogens is 1. The summed E-state index contributed by atoms with van der Waals surface area (Å²) in [6, 6.07) is 7.04. The van der Waals surface area contributed by atoms with Gasteiger partial charge in [-0.1, -0.05) is 23.7 Å². The van der Waals surface area contributed by atoms with Crippen LogP contribution in [-0.2, 0) is 9.59 Å². The molecular formula is C14H18ClNO4. The Hall–Kier alpha value is -1.75. The number of ether oxygens (including phenoxy) is 1. The van der Waals surface area contributed by atoms with Crippen LogP contribution in [0.1, 0.15) is 19.8 Å². The van der Waals surface area contributed by atoms with Crippen molar-refractivity contribution in [2.75, 3.05) is 19.7 Å². The molecule has 0 atom stereocenters. The third-order valence-electron chi connectivity index (χ3n) is 2.74. The number of rotatable bonds is 8. The zero-order valence-corrected chi connectivity index (χ0v) is 12.1. The fourth-order valence-electron chi connectivity index (χ4n) is 1.66. The average Bonchev–Trinajstić information content (AvgIpc) is 2.41. The predicted octanol–water partition coefficient (Wildman–Crippen LogP) is 2.43. The second-order valence-electron chi connectivity index (χ2n) is 4.15. The summed E-state index contributed by atoms with van der Waals surface area (Å²) in [5, 5.41) is 9.12. The lowest BCUT2D eigenvalue weighted by molar-refractivity contribution is -0.138. The standard InChI is InChI=1S/C14H18ClNO4/c1-2-16(9-7-14(18)19)13(17)8-10-20-12-6-4-3-5-11(12)15/h3-6H,2,7-10H2,1H3,(H,18,19). The molecule has 1 N–H and O–H groups in total. The van der Waals surface area contributed by atoms with Gasteiger partial charge in [0.05, 0.1) is 24.5 Å². The van der Waals surface area contributed by atoms with E-state index >= 15 is 0 Å². The minimum atomic E-state index is -0.913. The zero-order valence-electron chi connectivity index (χ0n) is 11.3. The summed E-state index contributed by atoms with van der Waals surface area (Å²) in [6.07, 6.45) is 0.142. The van der Waals surface area contributed by atoms with Crippen LogP contribution in [0.25, 0.3) is 0 Å². The number of carbonyl (C=O) groups is 2. The van der Waals surface area contributed by atoms with Crippen molar-refractivity contribution in [1.82, 2.24) is 4.90 Å². The number of hydrogen-bond donors (Lipinski definition) is 1. The molecule has 0 aromatic heterocycles. The highest BCUT2D eigenvalue weighted by atomic mass is 35.5. The molecule has 0 radical (unpaired) electrons. The molecule has 0 aliphatic rings. The monoisotopic (exact) mass is 299 g/mol. The van der Waals surface area contributed by atoms with Gasteiger partial charge in [0.15, 0.2) is 0 Å². The van der Waals surface area contributed by atoms with Crippen molar-refractivity contribution < 1.29 is 19.4 Å². The Morgan fingerprint density at radius 3 is 2.60 bits per heavy atom. The molecule has 0 aliphatic heterocycles. The van der Waals surface area contributed by atoms with Gasteiger partial charge in [-0.3, -0.25) is 9.59 Å². The Morgan fingerprint density at radius 1 is 1.30 bits per heavy atom. The van der Waals surface area contributed by atoms with Gasteiger partial charge in [-0.15, -0.1) is 0 Å². The SMILES string of the molecule is CCN(CCC(=O)O)C(=O)CCOc1ccccc1Cl. The first-order valence-electron chi connectivity index (χ1n) is 6.41. The molecule has 110 valence electrons. The van der Waals surface area contributed by atoms with Gasteiger partial charge >= 0.3 is 5.97 Å². The van der Waals surface area contributed by atoms with Crippen molar-refractivity contribution in [2.24, 2.45) is 0 Å². The third kappa shape index (κ3) is 5.48. The Morgan fingerprint density at radius 2 is 2.00 bits per heavy atom. The summed E-state index contributed by atoms with van der Waals surface area (Å²) in [4.78, 5) is 23.9. The Bertz CT molecular complexity index is 464. The molecule has 0 aliphatic carbocycles. The van der Waals surface area contributed by atoms with Gasteiger partial charge in [0.25, 0.3) is 0 Å². The lowest BCUT2D eigenvalue weighted by Crippen LogP contribution is -2.33. The van der Waals surface area contributed by atoms with E-state index in [-0.39, 0.29) is 31.9 Å². The third-order valence-corrected chi connectivity index (χ3v) is 3.05. The van der Waals surface area contributed by atoms with Gasteiger partial charge in [0.1, 0.15) is 5.75 Å². The maximum Gasteiger partial charge on any atom is 0.305 e. The van der Waals surface area contributed by atoms with Crippen molar-refractivity contribution >= 4 is 23.5 Å². The molecule has 0 saturated carbocycles. The van der Waals surface area contributed by atoms with Crippen molar-refractivity contribution in [2.45, 2.75) is 19.8 Å². The van der Waals surface area contributed by atoms with Gasteiger partial charge in [-0.05, 0) is 19.1 Å². The number of carboxylic acids is 1. The summed E-state index contributed by atoms with van der Waals surface area (Å²) in [6.45, 7) is 2.73. The van der Waals surface area contributed by atoms with Gasteiger partial charge in [0.2, 0.25) is 5.91 Å². The smallest absolute Gasteiger partial charge is 0.305 e. The Balaban J connectivity index is 2.38. The first-order chi connectivity index (χ1) is 9.54. The van der Waals surface area contributed by atoms with E-state index in [4.69, 9.17) is 21.4 Å². The second kappa shape index (κ2) is 8.43. The van der Waals surface area contributed by atoms with Gasteiger partial charge in [0, 0.05) is 13.1 Å². The van der Waals surface area contributed by atoms with Crippen molar-refractivity contribution in [1.29, 1.82) is 0 Å². The number of aliphatic carboxylic acids is 1. The maximum absolute atomic E-state index is 11.9. The molecule has 0 fully saturated rings. The van der Waals surface area contributed by atoms with E-state index in [1.165, 1.54) is 4.90 Å². The topological polar surface area (TPSA) is 66.8 Å². The molecule has 0 bridgehead atoms. The number of benzene rings is 1. The van der Waals surface area contributed by atoms with Crippen LogP contribution in [0.15, 0.2) is 24.3 Å². The average molecular weight is 300 g/mol. The summed E-state index contributed by atoms with van der Waals surface area (Å²) in [7, 11) is 0. The predicted molar refractivity (Wildman–Crippen MR) is 76.1 cm³/mol. The van der Waals surface area contributed by atoms with Crippen LogP contribution in [0.4, 0.5) is 0 Å². The van der Waals surface area contributed by atoms with Gasteiger partial charge in [-0.25, -0.2) is 0 Å². The van der Waals surface area contributed by atoms with E-state index in [2.05, 4.69) is 0 Å². The molecule has 1 aromatic rings. The van der Waals surface area contributed by atoms with Crippen molar-refractivity contribution in [3.05, 3.63) is 29.3 Å². The highest BCUT2D eigenvalue weighted by Gasteiger charge is 2.13. The highest BCUT2D eigenvalue weighted by molar-refractivity contribution is 6.32. The molecule has 0 spiro atoms. The van der Waals surface area contributed by atoms with E-state index in [1.807, 2.05) is 6.92 Å². The zero-order chi connectivity index (χ0) is 15.0. The molecule has 5 nitrogen and oxygen atoms in total. The van der Waals surface area contributed by atoms with Crippen LogP contribution >= 0.6 is 11.6 Å². The molecule has 1 amide bonds. The molecule has 0 unspecified atom stereocenters. The normalized spacial score (nSPS) is 10.1. The Labute approximate surface area is 123 Å². The lowest BCUT2D eigenvalue weighted by atomic mass is 10.3. The summed E-state index contributed by atoms with van der Waals surface area (Å²) in [5.74, 6) is -0.500. The number of carbonyl (C=O) groups excluding carboxylic acids is 1. The van der Waals surface area contributed by atoms with Crippen LogP contribution in [0.5, 0.6) is 5.75 Å². The van der Waals surface area contributed by atoms with Crippen LogP contribution in [-0.4, -0.2) is 41.6 Å². The minimum absolute atomic E-state index is 0.0506. The minimum Gasteiger partial charge on any atom is -0.491 e. The quantitative estimate of drug-likeness (QED) is 0.800. The van der Waals surface area contributed by atoms with E-state index in [0.29, 0.717) is 17.3 Å². The van der Waals surface area contributed by atoms with Crippen molar-refractivity contribution in [3.63, 3.8) is 0 Å². The summed E-state index contributed by atoms with van der Waals surface area (Å²) >= 11 is 5.93. The fourth-order valence-corrected chi connectivity index (χ4v) is 1.85. The fraction of sp³-hybridized carbons (Fsp3) is 0.429. The molecule has 6 heteroatoms. The van der Waals surface area contributed by atoms with Crippen LogP contribution < -0.4 is 4.74 Å². The molecule has 1 aromatic carbocycles. The molecule has 0 heterocycles. The Kier molecular flexibility index (Phi) is 6.87. The van der Waals surface area contributed by atoms with Gasteiger partial charge < -0.3 is 14.7 Å². The van der Waals surface area contributed by atoms with Crippen LogP contribution in [0.3, 0.4) is 0 Å². The summed E-state index contributed by atoms with van der Waals surface area (Å²) in [5.41, 5.74) is 0. The maximum atomic E-state index is 11.9.